The quantitative estimate of drug-likeness (QED) is 0.795. The molecule has 16 heavy (non-hydrogen) atoms. The Bertz CT molecular complexity index is 356. The van der Waals surface area contributed by atoms with E-state index in [1.165, 1.54) is 49.8 Å². The average Bonchev–Trinajstić information content (AvgIpc) is 3.10. The smallest absolute Gasteiger partial charge is 0.0320 e. The molecule has 1 N–H and O–H groups in total. The fourth-order valence-electron chi connectivity index (χ4n) is 2.73. The zero-order valence-electron chi connectivity index (χ0n) is 10.1. The van der Waals surface area contributed by atoms with Crippen LogP contribution in [0.25, 0.3) is 0 Å². The second-order valence-electron chi connectivity index (χ2n) is 5.69. The third kappa shape index (κ3) is 1.89. The molecule has 1 aliphatic carbocycles. The highest BCUT2D eigenvalue weighted by molar-refractivity contribution is 5.33. The number of rotatable bonds is 2. The second kappa shape index (κ2) is 3.89. The van der Waals surface area contributed by atoms with Gasteiger partial charge in [-0.05, 0) is 48.8 Å². The fraction of sp³-hybridized carbons (Fsp3) is 0.600. The predicted molar refractivity (Wildman–Crippen MR) is 67.6 cm³/mol. The lowest BCUT2D eigenvalue weighted by Gasteiger charge is -2.24. The molecule has 1 aromatic rings. The van der Waals surface area contributed by atoms with Crippen molar-refractivity contribution in [1.82, 2.24) is 5.32 Å². The molecule has 86 valence electrons. The number of hydrogen-bond acceptors (Lipinski definition) is 1. The molecule has 1 nitrogen and oxygen atoms in total. The molecule has 0 radical (unpaired) electrons. The SMILES string of the molecule is CC1(c2ccc(C3CCCCN3)cc2)CC1. The highest BCUT2D eigenvalue weighted by atomic mass is 14.9. The molecule has 1 saturated heterocycles. The predicted octanol–water partition coefficient (Wildman–Crippen LogP) is 3.55. The molecule has 1 heterocycles. The minimum absolute atomic E-state index is 0.512. The normalized spacial score (nSPS) is 27.7. The lowest BCUT2D eigenvalue weighted by atomic mass is 9.93. The van der Waals surface area contributed by atoms with Crippen LogP contribution in [0.5, 0.6) is 0 Å². The molecule has 0 aromatic heterocycles. The van der Waals surface area contributed by atoms with E-state index in [-0.39, 0.29) is 0 Å². The lowest BCUT2D eigenvalue weighted by Crippen LogP contribution is -2.26. The molecule has 3 rings (SSSR count). The standard InChI is InChI=1S/C15H21N/c1-15(9-10-15)13-7-5-12(6-8-13)14-4-2-3-11-16-14/h5-8,14,16H,2-4,9-11H2,1H3. The third-order valence-corrected chi connectivity index (χ3v) is 4.32. The van der Waals surface area contributed by atoms with Crippen molar-refractivity contribution in [1.29, 1.82) is 0 Å². The van der Waals surface area contributed by atoms with E-state index in [0.717, 1.165) is 0 Å². The molecule has 0 spiro atoms. The largest absolute Gasteiger partial charge is 0.310 e. The van der Waals surface area contributed by atoms with Crippen LogP contribution in [0.3, 0.4) is 0 Å². The average molecular weight is 215 g/mol. The molecule has 1 atom stereocenters. The molecule has 1 unspecified atom stereocenters. The second-order valence-corrected chi connectivity index (χ2v) is 5.69. The van der Waals surface area contributed by atoms with Crippen molar-refractivity contribution in [2.75, 3.05) is 6.54 Å². The summed E-state index contributed by atoms with van der Waals surface area (Å²) in [7, 11) is 0. The highest BCUT2D eigenvalue weighted by Gasteiger charge is 2.38. The van der Waals surface area contributed by atoms with Gasteiger partial charge in [-0.1, -0.05) is 37.6 Å². The van der Waals surface area contributed by atoms with Crippen molar-refractivity contribution in [2.45, 2.75) is 50.5 Å². The van der Waals surface area contributed by atoms with Crippen LogP contribution in [0.1, 0.15) is 56.2 Å². The molecule has 0 bridgehead atoms. The monoisotopic (exact) mass is 215 g/mol. The van der Waals surface area contributed by atoms with Crippen molar-refractivity contribution in [3.8, 4) is 0 Å². The van der Waals surface area contributed by atoms with E-state index in [2.05, 4.69) is 36.5 Å². The first kappa shape index (κ1) is 10.3. The van der Waals surface area contributed by atoms with Gasteiger partial charge in [0.05, 0.1) is 0 Å². The number of hydrogen-bond donors (Lipinski definition) is 1. The topological polar surface area (TPSA) is 12.0 Å². The highest BCUT2D eigenvalue weighted by Crippen LogP contribution is 2.47. The Kier molecular flexibility index (Phi) is 2.51. The van der Waals surface area contributed by atoms with Gasteiger partial charge in [0.15, 0.2) is 0 Å². The Morgan fingerprint density at radius 1 is 1.12 bits per heavy atom. The summed E-state index contributed by atoms with van der Waals surface area (Å²) in [5.74, 6) is 0. The maximum absolute atomic E-state index is 3.61. The van der Waals surface area contributed by atoms with Gasteiger partial charge in [0.2, 0.25) is 0 Å². The summed E-state index contributed by atoms with van der Waals surface area (Å²) in [5, 5.41) is 3.61. The van der Waals surface area contributed by atoms with Gasteiger partial charge in [-0.25, -0.2) is 0 Å². The van der Waals surface area contributed by atoms with E-state index in [9.17, 15) is 0 Å². The van der Waals surface area contributed by atoms with Gasteiger partial charge < -0.3 is 5.32 Å². The van der Waals surface area contributed by atoms with E-state index in [1.807, 2.05) is 0 Å². The van der Waals surface area contributed by atoms with Crippen molar-refractivity contribution < 1.29 is 0 Å². The van der Waals surface area contributed by atoms with Crippen LogP contribution in [0.4, 0.5) is 0 Å². The number of piperidine rings is 1. The minimum atomic E-state index is 0.512. The van der Waals surface area contributed by atoms with Crippen molar-refractivity contribution >= 4 is 0 Å². The van der Waals surface area contributed by atoms with E-state index < -0.39 is 0 Å². The number of nitrogens with one attached hydrogen (secondary N) is 1. The molecule has 1 heteroatoms. The van der Waals surface area contributed by atoms with Gasteiger partial charge in [0.25, 0.3) is 0 Å². The van der Waals surface area contributed by atoms with Gasteiger partial charge in [-0.3, -0.25) is 0 Å². The Balaban J connectivity index is 1.76. The molecule has 1 aromatic carbocycles. The van der Waals surface area contributed by atoms with Gasteiger partial charge in [0.1, 0.15) is 0 Å². The molecular weight excluding hydrogens is 194 g/mol. The molecule has 1 aliphatic heterocycles. The van der Waals surface area contributed by atoms with Crippen LogP contribution in [-0.2, 0) is 5.41 Å². The summed E-state index contributed by atoms with van der Waals surface area (Å²) >= 11 is 0. The zero-order valence-corrected chi connectivity index (χ0v) is 10.1. The fourth-order valence-corrected chi connectivity index (χ4v) is 2.73. The summed E-state index contributed by atoms with van der Waals surface area (Å²) in [4.78, 5) is 0. The lowest BCUT2D eigenvalue weighted by molar-refractivity contribution is 0.412. The Morgan fingerprint density at radius 3 is 2.44 bits per heavy atom. The maximum atomic E-state index is 3.61. The van der Waals surface area contributed by atoms with Crippen LogP contribution < -0.4 is 5.32 Å². The van der Waals surface area contributed by atoms with Gasteiger partial charge in [-0.15, -0.1) is 0 Å². The van der Waals surface area contributed by atoms with Crippen LogP contribution >= 0.6 is 0 Å². The summed E-state index contributed by atoms with van der Waals surface area (Å²) in [6, 6.07) is 9.97. The van der Waals surface area contributed by atoms with Crippen LogP contribution in [0, 0.1) is 0 Å². The van der Waals surface area contributed by atoms with E-state index in [4.69, 9.17) is 0 Å². The molecule has 0 amide bonds. The molecule has 2 aliphatic rings. The molecule has 2 fully saturated rings. The van der Waals surface area contributed by atoms with Crippen LogP contribution in [0.15, 0.2) is 24.3 Å². The first-order valence-electron chi connectivity index (χ1n) is 6.62. The van der Waals surface area contributed by atoms with E-state index >= 15 is 0 Å². The third-order valence-electron chi connectivity index (χ3n) is 4.32. The van der Waals surface area contributed by atoms with Gasteiger partial charge in [0, 0.05) is 6.04 Å². The summed E-state index contributed by atoms with van der Waals surface area (Å²) in [6.45, 7) is 3.56. The molecule has 1 saturated carbocycles. The summed E-state index contributed by atoms with van der Waals surface area (Å²) in [5.41, 5.74) is 3.53. The van der Waals surface area contributed by atoms with Crippen molar-refractivity contribution in [3.63, 3.8) is 0 Å². The van der Waals surface area contributed by atoms with Crippen LogP contribution in [-0.4, -0.2) is 6.54 Å². The maximum Gasteiger partial charge on any atom is 0.0320 e. The summed E-state index contributed by atoms with van der Waals surface area (Å²) < 4.78 is 0. The minimum Gasteiger partial charge on any atom is -0.310 e. The van der Waals surface area contributed by atoms with Gasteiger partial charge in [-0.2, -0.15) is 0 Å². The van der Waals surface area contributed by atoms with E-state index in [1.54, 1.807) is 0 Å². The Labute approximate surface area is 98.3 Å². The van der Waals surface area contributed by atoms with Crippen molar-refractivity contribution in [3.05, 3.63) is 35.4 Å². The summed E-state index contributed by atoms with van der Waals surface area (Å²) in [6.07, 6.45) is 6.75. The first-order valence-corrected chi connectivity index (χ1v) is 6.62. The van der Waals surface area contributed by atoms with E-state index in [0.29, 0.717) is 11.5 Å². The Morgan fingerprint density at radius 2 is 1.88 bits per heavy atom. The molecular formula is C15H21N. The zero-order chi connectivity index (χ0) is 11.0. The number of benzene rings is 1. The van der Waals surface area contributed by atoms with Crippen molar-refractivity contribution in [2.24, 2.45) is 0 Å². The first-order chi connectivity index (χ1) is 7.78. The Hall–Kier alpha value is -0.820. The van der Waals surface area contributed by atoms with Crippen LogP contribution in [0.2, 0.25) is 0 Å². The van der Waals surface area contributed by atoms with Gasteiger partial charge >= 0.3 is 0 Å².